The lowest BCUT2D eigenvalue weighted by Crippen LogP contribution is -2.43. The summed E-state index contributed by atoms with van der Waals surface area (Å²) >= 11 is 0. The van der Waals surface area contributed by atoms with Crippen LogP contribution in [0.2, 0.25) is 0 Å². The second-order valence-electron chi connectivity index (χ2n) is 6.19. The Balaban J connectivity index is 1.90. The molecule has 1 spiro atoms. The van der Waals surface area contributed by atoms with Crippen LogP contribution in [-0.2, 0) is 14.9 Å². The number of carboxylic acid groups (broad SMARTS) is 1. The van der Waals surface area contributed by atoms with Crippen LogP contribution < -0.4 is 0 Å². The third-order valence-corrected chi connectivity index (χ3v) is 4.94. The number of carbonyl (C=O) groups excluding carboxylic acids is 1. The summed E-state index contributed by atoms with van der Waals surface area (Å²) in [5.41, 5.74) is 3.29. The Morgan fingerprint density at radius 3 is 2.65 bits per heavy atom. The number of piperidine rings is 1. The zero-order valence-corrected chi connectivity index (χ0v) is 13.2. The normalized spacial score (nSPS) is 20.6. The van der Waals surface area contributed by atoms with Crippen LogP contribution in [-0.4, -0.2) is 41.8 Å². The smallest absolute Gasteiger partial charge is 0.407 e. The highest BCUT2D eigenvalue weighted by atomic mass is 16.5. The number of fused-ring (bicyclic) bond motifs is 2. The molecule has 1 aliphatic heterocycles. The lowest BCUT2D eigenvalue weighted by Gasteiger charge is -2.38. The molecule has 1 aromatic rings. The minimum atomic E-state index is -0.853. The number of nitrogens with zero attached hydrogens (tertiary/aromatic N) is 1. The fourth-order valence-electron chi connectivity index (χ4n) is 3.81. The summed E-state index contributed by atoms with van der Waals surface area (Å²) in [5.74, 6) is -0.308. The fraction of sp³-hybridized carbons (Fsp3) is 0.444. The summed E-state index contributed by atoms with van der Waals surface area (Å²) in [6.07, 6.45) is 3.10. The van der Waals surface area contributed by atoms with Crippen molar-refractivity contribution in [2.24, 2.45) is 0 Å². The molecule has 1 fully saturated rings. The Labute approximate surface area is 135 Å². The Kier molecular flexibility index (Phi) is 4.11. The average molecular weight is 315 g/mol. The first-order valence-electron chi connectivity index (χ1n) is 8.01. The van der Waals surface area contributed by atoms with Crippen molar-refractivity contribution in [1.29, 1.82) is 0 Å². The van der Waals surface area contributed by atoms with Gasteiger partial charge in [0.15, 0.2) is 0 Å². The standard InChI is InChI=1S/C18H21NO4/c1-2-23-16(20)11-13-12-18(15-6-4-3-5-14(13)15)7-9-19(10-8-18)17(21)22/h3-6,11H,2,7-10,12H2,1H3,(H,21,22). The number of hydrogen-bond donors (Lipinski definition) is 1. The van der Waals surface area contributed by atoms with Crippen LogP contribution in [0.3, 0.4) is 0 Å². The van der Waals surface area contributed by atoms with E-state index in [0.29, 0.717) is 19.7 Å². The third-order valence-electron chi connectivity index (χ3n) is 4.94. The highest BCUT2D eigenvalue weighted by molar-refractivity contribution is 5.93. The van der Waals surface area contributed by atoms with E-state index in [0.717, 1.165) is 30.4 Å². The van der Waals surface area contributed by atoms with Gasteiger partial charge in [-0.15, -0.1) is 0 Å². The van der Waals surface area contributed by atoms with Gasteiger partial charge in [0.2, 0.25) is 0 Å². The number of amides is 1. The van der Waals surface area contributed by atoms with Crippen molar-refractivity contribution in [3.05, 3.63) is 41.5 Å². The molecule has 0 unspecified atom stereocenters. The van der Waals surface area contributed by atoms with Crippen LogP contribution in [0.1, 0.15) is 37.3 Å². The van der Waals surface area contributed by atoms with Gasteiger partial charge >= 0.3 is 12.1 Å². The highest BCUT2D eigenvalue weighted by Gasteiger charge is 2.43. The van der Waals surface area contributed by atoms with Gasteiger partial charge in [-0.2, -0.15) is 0 Å². The predicted octanol–water partition coefficient (Wildman–Crippen LogP) is 3.05. The number of allylic oxidation sites excluding steroid dienone is 1. The van der Waals surface area contributed by atoms with Gasteiger partial charge in [0.1, 0.15) is 0 Å². The Bertz CT molecular complexity index is 657. The molecule has 1 N–H and O–H groups in total. The van der Waals surface area contributed by atoms with E-state index in [2.05, 4.69) is 6.07 Å². The molecule has 1 amide bonds. The number of hydrogen-bond acceptors (Lipinski definition) is 3. The molecule has 5 heteroatoms. The number of benzene rings is 1. The molecule has 0 radical (unpaired) electrons. The monoisotopic (exact) mass is 315 g/mol. The van der Waals surface area contributed by atoms with Crippen molar-refractivity contribution in [2.75, 3.05) is 19.7 Å². The first-order chi connectivity index (χ1) is 11.1. The van der Waals surface area contributed by atoms with Gasteiger partial charge in [-0.25, -0.2) is 9.59 Å². The van der Waals surface area contributed by atoms with E-state index in [1.54, 1.807) is 13.0 Å². The molecular formula is C18H21NO4. The van der Waals surface area contributed by atoms with Crippen molar-refractivity contribution in [2.45, 2.75) is 31.6 Å². The number of likely N-dealkylation sites (tertiary alicyclic amines) is 1. The van der Waals surface area contributed by atoms with Gasteiger partial charge in [-0.1, -0.05) is 24.3 Å². The first-order valence-corrected chi connectivity index (χ1v) is 8.01. The topological polar surface area (TPSA) is 66.8 Å². The minimum Gasteiger partial charge on any atom is -0.465 e. The van der Waals surface area contributed by atoms with Gasteiger partial charge in [-0.3, -0.25) is 0 Å². The summed E-state index contributed by atoms with van der Waals surface area (Å²) in [6.45, 7) is 3.23. The van der Waals surface area contributed by atoms with E-state index in [9.17, 15) is 9.59 Å². The summed E-state index contributed by atoms with van der Waals surface area (Å²) in [5, 5.41) is 9.15. The quantitative estimate of drug-likeness (QED) is 0.673. The Hall–Kier alpha value is -2.30. The van der Waals surface area contributed by atoms with E-state index in [1.807, 2.05) is 18.2 Å². The molecular weight excluding hydrogens is 294 g/mol. The van der Waals surface area contributed by atoms with E-state index in [-0.39, 0.29) is 11.4 Å². The van der Waals surface area contributed by atoms with Gasteiger partial charge in [0.25, 0.3) is 0 Å². The Morgan fingerprint density at radius 2 is 2.00 bits per heavy atom. The molecule has 1 saturated heterocycles. The zero-order valence-electron chi connectivity index (χ0n) is 13.2. The SMILES string of the molecule is CCOC(=O)C=C1CC2(CCN(C(=O)O)CC2)c2ccccc21. The van der Waals surface area contributed by atoms with Crippen LogP contribution in [0.25, 0.3) is 5.57 Å². The molecule has 1 heterocycles. The summed E-state index contributed by atoms with van der Waals surface area (Å²) in [6, 6.07) is 8.14. The lowest BCUT2D eigenvalue weighted by molar-refractivity contribution is -0.137. The second kappa shape index (κ2) is 6.07. The second-order valence-corrected chi connectivity index (χ2v) is 6.19. The molecule has 23 heavy (non-hydrogen) atoms. The van der Waals surface area contributed by atoms with Gasteiger partial charge in [-0.05, 0) is 42.9 Å². The van der Waals surface area contributed by atoms with Gasteiger partial charge < -0.3 is 14.7 Å². The van der Waals surface area contributed by atoms with Crippen LogP contribution in [0, 0.1) is 0 Å². The molecule has 0 aromatic heterocycles. The molecule has 1 aromatic carbocycles. The van der Waals surface area contributed by atoms with Crippen LogP contribution in [0.4, 0.5) is 4.79 Å². The van der Waals surface area contributed by atoms with Crippen LogP contribution in [0.5, 0.6) is 0 Å². The van der Waals surface area contributed by atoms with Crippen LogP contribution in [0.15, 0.2) is 30.3 Å². The van der Waals surface area contributed by atoms with E-state index in [4.69, 9.17) is 9.84 Å². The predicted molar refractivity (Wildman–Crippen MR) is 86.2 cm³/mol. The number of carbonyl (C=O) groups is 2. The Morgan fingerprint density at radius 1 is 1.30 bits per heavy atom. The van der Waals surface area contributed by atoms with Crippen molar-refractivity contribution in [3.8, 4) is 0 Å². The lowest BCUT2D eigenvalue weighted by atomic mass is 9.73. The van der Waals surface area contributed by atoms with Crippen molar-refractivity contribution >= 4 is 17.6 Å². The molecule has 0 bridgehead atoms. The molecule has 3 rings (SSSR count). The summed E-state index contributed by atoms with van der Waals surface area (Å²) in [4.78, 5) is 24.4. The molecule has 0 saturated carbocycles. The van der Waals surface area contributed by atoms with Crippen molar-refractivity contribution < 1.29 is 19.4 Å². The maximum Gasteiger partial charge on any atom is 0.407 e. The van der Waals surface area contributed by atoms with Crippen molar-refractivity contribution in [3.63, 3.8) is 0 Å². The number of ether oxygens (including phenoxy) is 1. The zero-order chi connectivity index (χ0) is 16.4. The van der Waals surface area contributed by atoms with Crippen molar-refractivity contribution in [1.82, 2.24) is 4.90 Å². The maximum absolute atomic E-state index is 11.8. The molecule has 122 valence electrons. The molecule has 2 aliphatic rings. The van der Waals surface area contributed by atoms with Gasteiger partial charge in [0, 0.05) is 24.6 Å². The van der Waals surface area contributed by atoms with E-state index in [1.165, 1.54) is 10.5 Å². The minimum absolute atomic E-state index is 0.0547. The molecule has 5 nitrogen and oxygen atoms in total. The number of esters is 1. The third kappa shape index (κ3) is 2.83. The number of rotatable bonds is 2. The fourth-order valence-corrected chi connectivity index (χ4v) is 3.81. The molecule has 1 aliphatic carbocycles. The largest absolute Gasteiger partial charge is 0.465 e. The molecule has 0 atom stereocenters. The van der Waals surface area contributed by atoms with E-state index < -0.39 is 6.09 Å². The first kappa shape index (κ1) is 15.6. The summed E-state index contributed by atoms with van der Waals surface area (Å²) in [7, 11) is 0. The van der Waals surface area contributed by atoms with Gasteiger partial charge in [0.05, 0.1) is 6.61 Å². The maximum atomic E-state index is 11.8. The van der Waals surface area contributed by atoms with Crippen LogP contribution >= 0.6 is 0 Å². The van der Waals surface area contributed by atoms with E-state index >= 15 is 0 Å². The highest BCUT2D eigenvalue weighted by Crippen LogP contribution is 2.51. The summed E-state index contributed by atoms with van der Waals surface area (Å²) < 4.78 is 5.04. The average Bonchev–Trinajstić information content (AvgIpc) is 2.82.